The fourth-order valence-electron chi connectivity index (χ4n) is 1.54. The van der Waals surface area contributed by atoms with E-state index in [4.69, 9.17) is 9.47 Å². The molecule has 0 N–H and O–H groups in total. The van der Waals surface area contributed by atoms with Gasteiger partial charge >= 0.3 is 0 Å². The summed E-state index contributed by atoms with van der Waals surface area (Å²) in [7, 11) is 0. The Morgan fingerprint density at radius 2 is 1.94 bits per heavy atom. The molecule has 1 aliphatic rings. The molecule has 0 spiro atoms. The smallest absolute Gasteiger partial charge is 0.165 e. The Morgan fingerprint density at radius 1 is 1.33 bits per heavy atom. The summed E-state index contributed by atoms with van der Waals surface area (Å²) in [6.07, 6.45) is 2.53. The molecule has 0 radical (unpaired) electrons. The third-order valence-corrected chi connectivity index (χ3v) is 2.56. The van der Waals surface area contributed by atoms with Gasteiger partial charge in [-0.2, -0.15) is 0 Å². The zero-order chi connectivity index (χ0) is 13.2. The van der Waals surface area contributed by atoms with E-state index in [9.17, 15) is 4.79 Å². The summed E-state index contributed by atoms with van der Waals surface area (Å²) < 4.78 is 9.44. The second kappa shape index (κ2) is 8.61. The van der Waals surface area contributed by atoms with E-state index in [0.29, 0.717) is 6.79 Å². The highest BCUT2D eigenvalue weighted by Crippen LogP contribution is 2.11. The Kier molecular flexibility index (Phi) is 6.99. The van der Waals surface area contributed by atoms with Gasteiger partial charge in [0, 0.05) is 11.5 Å². The highest BCUT2D eigenvalue weighted by atomic mass is 16.7. The first-order valence-corrected chi connectivity index (χ1v) is 6.11. The molecule has 1 aromatic rings. The third-order valence-electron chi connectivity index (χ3n) is 2.56. The number of carbonyl (C=O) groups excluding carboxylic acids is 1. The van der Waals surface area contributed by atoms with Crippen molar-refractivity contribution >= 4 is 5.78 Å². The van der Waals surface area contributed by atoms with E-state index in [1.807, 2.05) is 37.3 Å². The van der Waals surface area contributed by atoms with Crippen molar-refractivity contribution in [3.05, 3.63) is 48.6 Å². The number of hydrogen-bond acceptors (Lipinski definition) is 3. The standard InChI is InChI=1S/C12H14O.C3H6O2/c1-3-7-10(2)12(13)11-8-5-4-6-9-11;1-2-5-3-4-1/h3-6,8-10H,1,7H2,2H3;1-3H2. The number of allylic oxidation sites excluding steroid dienone is 1. The summed E-state index contributed by atoms with van der Waals surface area (Å²) in [5, 5.41) is 0. The van der Waals surface area contributed by atoms with Crippen LogP contribution in [0.5, 0.6) is 0 Å². The van der Waals surface area contributed by atoms with E-state index < -0.39 is 0 Å². The maximum Gasteiger partial charge on any atom is 0.165 e. The van der Waals surface area contributed by atoms with E-state index in [0.717, 1.165) is 25.2 Å². The van der Waals surface area contributed by atoms with Crippen LogP contribution in [-0.4, -0.2) is 25.8 Å². The third kappa shape index (κ3) is 5.25. The fourth-order valence-corrected chi connectivity index (χ4v) is 1.54. The first-order valence-electron chi connectivity index (χ1n) is 6.11. The molecule has 1 heterocycles. The molecule has 1 atom stereocenters. The number of ketones is 1. The van der Waals surface area contributed by atoms with Crippen molar-refractivity contribution in [2.45, 2.75) is 13.3 Å². The topological polar surface area (TPSA) is 35.5 Å². The summed E-state index contributed by atoms with van der Waals surface area (Å²) in [5.41, 5.74) is 0.789. The highest BCUT2D eigenvalue weighted by molar-refractivity contribution is 5.97. The molecule has 2 rings (SSSR count). The van der Waals surface area contributed by atoms with E-state index in [-0.39, 0.29) is 11.7 Å². The quantitative estimate of drug-likeness (QED) is 0.607. The molecule has 3 heteroatoms. The molecule has 1 saturated heterocycles. The molecule has 98 valence electrons. The zero-order valence-electron chi connectivity index (χ0n) is 10.8. The van der Waals surface area contributed by atoms with E-state index in [2.05, 4.69) is 6.58 Å². The van der Waals surface area contributed by atoms with Gasteiger partial charge < -0.3 is 9.47 Å². The summed E-state index contributed by atoms with van der Waals surface area (Å²) >= 11 is 0. The van der Waals surface area contributed by atoms with Crippen LogP contribution in [0.2, 0.25) is 0 Å². The van der Waals surface area contributed by atoms with Crippen molar-refractivity contribution in [3.63, 3.8) is 0 Å². The number of benzene rings is 1. The normalized spacial score (nSPS) is 15.4. The molecular formula is C15H20O3. The van der Waals surface area contributed by atoms with Crippen molar-refractivity contribution in [2.24, 2.45) is 5.92 Å². The Morgan fingerprint density at radius 3 is 2.39 bits per heavy atom. The van der Waals surface area contributed by atoms with Crippen LogP contribution in [0.3, 0.4) is 0 Å². The Bertz CT molecular complexity index is 348. The lowest BCUT2D eigenvalue weighted by Crippen LogP contribution is -2.09. The fraction of sp³-hybridized carbons (Fsp3) is 0.400. The Hall–Kier alpha value is -1.45. The van der Waals surface area contributed by atoms with Gasteiger partial charge in [0.25, 0.3) is 0 Å². The van der Waals surface area contributed by atoms with Gasteiger partial charge in [-0.25, -0.2) is 0 Å². The number of carbonyl (C=O) groups is 1. The first kappa shape index (κ1) is 14.6. The van der Waals surface area contributed by atoms with Crippen molar-refractivity contribution in [2.75, 3.05) is 20.0 Å². The minimum absolute atomic E-state index is 0.0416. The summed E-state index contributed by atoms with van der Waals surface area (Å²) in [5.74, 6) is 0.236. The van der Waals surface area contributed by atoms with Crippen molar-refractivity contribution < 1.29 is 14.3 Å². The molecule has 0 bridgehead atoms. The van der Waals surface area contributed by atoms with Crippen LogP contribution in [0.25, 0.3) is 0 Å². The van der Waals surface area contributed by atoms with Crippen molar-refractivity contribution in [1.29, 1.82) is 0 Å². The van der Waals surface area contributed by atoms with Crippen LogP contribution in [0.1, 0.15) is 23.7 Å². The Labute approximate surface area is 108 Å². The molecule has 0 aromatic heterocycles. The zero-order valence-corrected chi connectivity index (χ0v) is 10.8. The molecule has 1 fully saturated rings. The summed E-state index contributed by atoms with van der Waals surface area (Å²) in [6, 6.07) is 9.38. The summed E-state index contributed by atoms with van der Waals surface area (Å²) in [6.45, 7) is 7.61. The second-order valence-electron chi connectivity index (χ2n) is 4.09. The lowest BCUT2D eigenvalue weighted by molar-refractivity contribution is 0.0692. The van der Waals surface area contributed by atoms with E-state index in [1.165, 1.54) is 0 Å². The van der Waals surface area contributed by atoms with Gasteiger partial charge in [0.15, 0.2) is 5.78 Å². The number of rotatable bonds is 4. The maximum atomic E-state index is 11.7. The SMILES string of the molecule is C1COCO1.C=CCC(C)C(=O)c1ccccc1. The van der Waals surface area contributed by atoms with Crippen LogP contribution < -0.4 is 0 Å². The Balaban J connectivity index is 0.000000269. The molecule has 0 saturated carbocycles. The number of ether oxygens (including phenoxy) is 2. The number of Topliss-reactive ketones (excluding diaryl/α,β-unsaturated/α-hetero) is 1. The van der Waals surface area contributed by atoms with Crippen LogP contribution in [0.15, 0.2) is 43.0 Å². The minimum atomic E-state index is 0.0416. The maximum absolute atomic E-state index is 11.7. The van der Waals surface area contributed by atoms with Crippen LogP contribution in [-0.2, 0) is 9.47 Å². The van der Waals surface area contributed by atoms with Crippen LogP contribution >= 0.6 is 0 Å². The van der Waals surface area contributed by atoms with Gasteiger partial charge in [0.2, 0.25) is 0 Å². The lowest BCUT2D eigenvalue weighted by Gasteiger charge is -2.06. The van der Waals surface area contributed by atoms with E-state index >= 15 is 0 Å². The minimum Gasteiger partial charge on any atom is -0.353 e. The van der Waals surface area contributed by atoms with Gasteiger partial charge in [0.05, 0.1) is 13.2 Å². The largest absolute Gasteiger partial charge is 0.353 e. The molecular weight excluding hydrogens is 228 g/mol. The molecule has 0 aliphatic carbocycles. The van der Waals surface area contributed by atoms with Gasteiger partial charge in [-0.1, -0.05) is 43.3 Å². The first-order chi connectivity index (χ1) is 8.75. The highest BCUT2D eigenvalue weighted by Gasteiger charge is 2.12. The predicted molar refractivity (Wildman–Crippen MR) is 71.5 cm³/mol. The van der Waals surface area contributed by atoms with Crippen LogP contribution in [0, 0.1) is 5.92 Å². The predicted octanol–water partition coefficient (Wildman–Crippen LogP) is 3.07. The molecule has 1 unspecified atom stereocenters. The molecule has 1 aliphatic heterocycles. The second-order valence-corrected chi connectivity index (χ2v) is 4.09. The van der Waals surface area contributed by atoms with E-state index in [1.54, 1.807) is 6.08 Å². The summed E-state index contributed by atoms with van der Waals surface area (Å²) in [4.78, 5) is 11.7. The molecule has 0 amide bonds. The average molecular weight is 248 g/mol. The average Bonchev–Trinajstić information content (AvgIpc) is 2.98. The van der Waals surface area contributed by atoms with Crippen molar-refractivity contribution in [1.82, 2.24) is 0 Å². The van der Waals surface area contributed by atoms with Gasteiger partial charge in [-0.05, 0) is 6.42 Å². The molecule has 3 nitrogen and oxygen atoms in total. The van der Waals surface area contributed by atoms with Gasteiger partial charge in [-0.3, -0.25) is 4.79 Å². The molecule has 18 heavy (non-hydrogen) atoms. The molecule has 1 aromatic carbocycles. The monoisotopic (exact) mass is 248 g/mol. The van der Waals surface area contributed by atoms with Crippen molar-refractivity contribution in [3.8, 4) is 0 Å². The van der Waals surface area contributed by atoms with Gasteiger partial charge in [-0.15, -0.1) is 6.58 Å². The number of hydrogen-bond donors (Lipinski definition) is 0. The lowest BCUT2D eigenvalue weighted by atomic mass is 9.97. The van der Waals surface area contributed by atoms with Crippen LogP contribution in [0.4, 0.5) is 0 Å². The van der Waals surface area contributed by atoms with Gasteiger partial charge in [0.1, 0.15) is 6.79 Å².